The summed E-state index contributed by atoms with van der Waals surface area (Å²) in [5, 5.41) is 7.71. The van der Waals surface area contributed by atoms with E-state index in [0.717, 1.165) is 52.8 Å². The summed E-state index contributed by atoms with van der Waals surface area (Å²) in [6.45, 7) is 3.23. The van der Waals surface area contributed by atoms with Crippen molar-refractivity contribution in [1.29, 1.82) is 0 Å². The first-order valence-corrected chi connectivity index (χ1v) is 13.4. The fourth-order valence-corrected chi connectivity index (χ4v) is 6.10. The molecule has 0 spiro atoms. The molecule has 0 aliphatic carbocycles. The van der Waals surface area contributed by atoms with Crippen molar-refractivity contribution < 1.29 is 0 Å². The van der Waals surface area contributed by atoms with Crippen LogP contribution in [0, 0.1) is 0 Å². The molecule has 4 heterocycles. The van der Waals surface area contributed by atoms with Gasteiger partial charge in [0.15, 0.2) is 0 Å². The van der Waals surface area contributed by atoms with Gasteiger partial charge in [-0.3, -0.25) is 18.9 Å². The molecule has 3 aromatic heterocycles. The van der Waals surface area contributed by atoms with Gasteiger partial charge in [-0.05, 0) is 56.3 Å². The molecule has 0 atom stereocenters. The maximum Gasteiger partial charge on any atom is 0.259 e. The molecule has 0 unspecified atom stereocenters. The summed E-state index contributed by atoms with van der Waals surface area (Å²) in [6.07, 6.45) is 3.87. The van der Waals surface area contributed by atoms with Crippen LogP contribution in [0.25, 0.3) is 44.3 Å². The van der Waals surface area contributed by atoms with E-state index < -0.39 is 0 Å². The van der Waals surface area contributed by atoms with Gasteiger partial charge in [0.2, 0.25) is 0 Å². The van der Waals surface area contributed by atoms with E-state index in [1.807, 2.05) is 37.0 Å². The summed E-state index contributed by atoms with van der Waals surface area (Å²) in [4.78, 5) is 15.9. The lowest BCUT2D eigenvalue weighted by atomic mass is 10.0. The quantitative estimate of drug-likeness (QED) is 0.269. The lowest BCUT2D eigenvalue weighted by Crippen LogP contribution is -2.29. The van der Waals surface area contributed by atoms with Crippen molar-refractivity contribution in [2.45, 2.75) is 25.8 Å². The third kappa shape index (κ3) is 4.08. The maximum atomic E-state index is 13.4. The Balaban J connectivity index is 1.49. The minimum Gasteiger partial charge on any atom is -0.330 e. The highest BCUT2D eigenvalue weighted by Crippen LogP contribution is 2.36. The third-order valence-corrected chi connectivity index (χ3v) is 8.52. The number of halogens is 2. The van der Waals surface area contributed by atoms with Crippen molar-refractivity contribution in [2.24, 2.45) is 21.1 Å². The van der Waals surface area contributed by atoms with Gasteiger partial charge in [0.05, 0.1) is 26.9 Å². The Morgan fingerprint density at radius 1 is 0.865 bits per heavy atom. The number of hydrogen-bond acceptors (Lipinski definition) is 3. The summed E-state index contributed by atoms with van der Waals surface area (Å²) in [6, 6.07) is 15.9. The monoisotopic (exact) mass is 533 g/mol. The van der Waals surface area contributed by atoms with Crippen LogP contribution in [0.5, 0.6) is 0 Å². The smallest absolute Gasteiger partial charge is 0.259 e. The number of nitrogens with zero attached hydrogens (tertiary/aromatic N) is 5. The molecule has 0 amide bonds. The summed E-state index contributed by atoms with van der Waals surface area (Å²) < 4.78 is 5.76. The second-order valence-corrected chi connectivity index (χ2v) is 10.8. The van der Waals surface area contributed by atoms with Gasteiger partial charge in [0, 0.05) is 55.2 Å². The first-order valence-electron chi connectivity index (χ1n) is 12.7. The maximum absolute atomic E-state index is 13.4. The zero-order chi connectivity index (χ0) is 25.8. The number of benzene rings is 2. The molecule has 190 valence electrons. The molecule has 1 saturated heterocycles. The van der Waals surface area contributed by atoms with E-state index in [-0.39, 0.29) is 5.56 Å². The van der Waals surface area contributed by atoms with Gasteiger partial charge >= 0.3 is 0 Å². The topological polar surface area (TPSA) is 48.0 Å². The number of likely N-dealkylation sites (tertiary alicyclic amines) is 1. The Hall–Kier alpha value is -3.06. The Bertz CT molecular complexity index is 1720. The van der Waals surface area contributed by atoms with Crippen molar-refractivity contribution in [3.63, 3.8) is 0 Å². The first kappa shape index (κ1) is 24.3. The lowest BCUT2D eigenvalue weighted by Gasteiger charge is -2.26. The molecule has 0 radical (unpaired) electrons. The zero-order valence-electron chi connectivity index (χ0n) is 21.3. The lowest BCUT2D eigenvalue weighted by molar-refractivity contribution is 0.216. The molecule has 1 fully saturated rings. The Morgan fingerprint density at radius 2 is 1.65 bits per heavy atom. The van der Waals surface area contributed by atoms with Crippen LogP contribution >= 0.6 is 23.2 Å². The fraction of sp³-hybridized carbons (Fsp3) is 0.310. The van der Waals surface area contributed by atoms with Crippen LogP contribution in [0.4, 0.5) is 0 Å². The second-order valence-electron chi connectivity index (χ2n) is 10.0. The molecule has 6 nitrogen and oxygen atoms in total. The standard InChI is InChI=1S/C29H29Cl2N5O/c1-33-26-11-10-18(25-15-19(35(3)32-25)17-36-12-5-4-6-13-36)14-21(26)22-16-23(29(37)34(2)28(22)33)20-8-7-9-24(30)27(20)31/h7-11,14-16H,4-6,12-13,17H2,1-3H3. The number of piperidine rings is 1. The largest absolute Gasteiger partial charge is 0.330 e. The first-order chi connectivity index (χ1) is 17.8. The van der Waals surface area contributed by atoms with E-state index in [0.29, 0.717) is 21.2 Å². The Labute approximate surface area is 225 Å². The number of fused-ring (bicyclic) bond motifs is 3. The molecule has 0 saturated carbocycles. The van der Waals surface area contributed by atoms with Gasteiger partial charge in [-0.15, -0.1) is 0 Å². The van der Waals surface area contributed by atoms with Crippen LogP contribution in [0.15, 0.2) is 53.3 Å². The molecule has 1 aliphatic rings. The van der Waals surface area contributed by atoms with Crippen LogP contribution in [-0.4, -0.2) is 36.9 Å². The van der Waals surface area contributed by atoms with E-state index in [1.165, 1.54) is 25.0 Å². The van der Waals surface area contributed by atoms with Crippen molar-refractivity contribution in [1.82, 2.24) is 23.8 Å². The van der Waals surface area contributed by atoms with Crippen molar-refractivity contribution in [3.05, 3.63) is 74.6 Å². The van der Waals surface area contributed by atoms with Crippen LogP contribution < -0.4 is 5.56 Å². The van der Waals surface area contributed by atoms with E-state index in [9.17, 15) is 4.79 Å². The zero-order valence-corrected chi connectivity index (χ0v) is 22.8. The highest BCUT2D eigenvalue weighted by molar-refractivity contribution is 6.43. The van der Waals surface area contributed by atoms with Gasteiger partial charge < -0.3 is 4.57 Å². The second kappa shape index (κ2) is 9.35. The minimum absolute atomic E-state index is 0.116. The molecule has 37 heavy (non-hydrogen) atoms. The average molecular weight is 534 g/mol. The molecule has 0 N–H and O–H groups in total. The van der Waals surface area contributed by atoms with Gasteiger partial charge in [0.25, 0.3) is 5.56 Å². The van der Waals surface area contributed by atoms with E-state index in [2.05, 4.69) is 33.7 Å². The summed E-state index contributed by atoms with van der Waals surface area (Å²) in [5.74, 6) is 0. The number of hydrogen-bond donors (Lipinski definition) is 0. The molecule has 5 aromatic rings. The predicted octanol–water partition coefficient (Wildman–Crippen LogP) is 6.39. The molecule has 2 aromatic carbocycles. The van der Waals surface area contributed by atoms with Gasteiger partial charge in [-0.1, -0.05) is 47.8 Å². The SMILES string of the molecule is Cn1nc(-c2ccc3c(c2)c2cc(-c4cccc(Cl)c4Cl)c(=O)n(C)c2n3C)cc1CN1CCCCC1. The number of rotatable bonds is 4. The normalized spacial score (nSPS) is 14.7. The van der Waals surface area contributed by atoms with Gasteiger partial charge in [-0.2, -0.15) is 5.10 Å². The van der Waals surface area contributed by atoms with Crippen molar-refractivity contribution in [3.8, 4) is 22.4 Å². The summed E-state index contributed by atoms with van der Waals surface area (Å²) in [7, 11) is 5.82. The molecule has 6 rings (SSSR count). The van der Waals surface area contributed by atoms with Crippen LogP contribution in [0.3, 0.4) is 0 Å². The molecule has 8 heteroatoms. The molecule has 0 bridgehead atoms. The van der Waals surface area contributed by atoms with E-state index in [4.69, 9.17) is 28.3 Å². The summed E-state index contributed by atoms with van der Waals surface area (Å²) >= 11 is 12.8. The summed E-state index contributed by atoms with van der Waals surface area (Å²) in [5.41, 5.74) is 6.18. The predicted molar refractivity (Wildman–Crippen MR) is 152 cm³/mol. The number of aryl methyl sites for hydroxylation is 3. The number of pyridine rings is 1. The average Bonchev–Trinajstić information content (AvgIpc) is 3.40. The highest BCUT2D eigenvalue weighted by Gasteiger charge is 2.19. The van der Waals surface area contributed by atoms with E-state index in [1.54, 1.807) is 17.7 Å². The van der Waals surface area contributed by atoms with Crippen molar-refractivity contribution >= 4 is 45.1 Å². The molecular weight excluding hydrogens is 505 g/mol. The minimum atomic E-state index is -0.116. The van der Waals surface area contributed by atoms with Gasteiger partial charge in [-0.25, -0.2) is 0 Å². The molecular formula is C29H29Cl2N5O. The Morgan fingerprint density at radius 3 is 2.43 bits per heavy atom. The fourth-order valence-electron chi connectivity index (χ4n) is 5.70. The Kier molecular flexibility index (Phi) is 6.14. The van der Waals surface area contributed by atoms with Crippen LogP contribution in [0.2, 0.25) is 10.0 Å². The molecule has 1 aliphatic heterocycles. The van der Waals surface area contributed by atoms with Crippen LogP contribution in [-0.2, 0) is 27.7 Å². The van der Waals surface area contributed by atoms with Crippen molar-refractivity contribution in [2.75, 3.05) is 13.1 Å². The third-order valence-electron chi connectivity index (χ3n) is 7.70. The highest BCUT2D eigenvalue weighted by atomic mass is 35.5. The van der Waals surface area contributed by atoms with Crippen LogP contribution in [0.1, 0.15) is 25.0 Å². The van der Waals surface area contributed by atoms with E-state index >= 15 is 0 Å². The number of aromatic nitrogens is 4. The van der Waals surface area contributed by atoms with Gasteiger partial charge in [0.1, 0.15) is 5.65 Å².